The Morgan fingerprint density at radius 1 is 1.26 bits per heavy atom. The molecule has 1 aromatic heterocycles. The van der Waals surface area contributed by atoms with Crippen molar-refractivity contribution in [3.8, 4) is 0 Å². The van der Waals surface area contributed by atoms with Gasteiger partial charge in [-0.15, -0.1) is 0 Å². The molecule has 1 saturated carbocycles. The summed E-state index contributed by atoms with van der Waals surface area (Å²) in [5.74, 6) is 0.846. The average Bonchev–Trinajstić information content (AvgIpc) is 2.47. The van der Waals surface area contributed by atoms with Gasteiger partial charge in [-0.05, 0) is 55.7 Å². The van der Waals surface area contributed by atoms with E-state index in [1.165, 1.54) is 25.7 Å². The number of pyridine rings is 1. The van der Waals surface area contributed by atoms with Crippen molar-refractivity contribution < 1.29 is 4.74 Å². The summed E-state index contributed by atoms with van der Waals surface area (Å²) >= 11 is 0. The average molecular weight is 262 g/mol. The maximum Gasteiger partial charge on any atom is 0.0980 e. The van der Waals surface area contributed by atoms with E-state index in [4.69, 9.17) is 10.5 Å². The zero-order valence-corrected chi connectivity index (χ0v) is 12.1. The monoisotopic (exact) mass is 262 g/mol. The van der Waals surface area contributed by atoms with Crippen molar-refractivity contribution in [1.82, 2.24) is 4.98 Å². The van der Waals surface area contributed by atoms with E-state index in [0.717, 1.165) is 17.9 Å². The van der Waals surface area contributed by atoms with Gasteiger partial charge < -0.3 is 10.5 Å². The smallest absolute Gasteiger partial charge is 0.0980 e. The first-order valence-electron chi connectivity index (χ1n) is 7.51. The summed E-state index contributed by atoms with van der Waals surface area (Å²) in [5.41, 5.74) is 7.40. The Bertz CT molecular complexity index is 360. The van der Waals surface area contributed by atoms with Gasteiger partial charge in [-0.2, -0.15) is 0 Å². The lowest BCUT2D eigenvalue weighted by Crippen LogP contribution is -2.33. The third-order valence-electron chi connectivity index (χ3n) is 4.20. The summed E-state index contributed by atoms with van der Waals surface area (Å²) in [7, 11) is 0. The highest BCUT2D eigenvalue weighted by Crippen LogP contribution is 2.31. The molecule has 0 spiro atoms. The molecule has 19 heavy (non-hydrogen) atoms. The van der Waals surface area contributed by atoms with Crippen molar-refractivity contribution in [3.63, 3.8) is 0 Å². The van der Waals surface area contributed by atoms with E-state index in [0.29, 0.717) is 6.10 Å². The van der Waals surface area contributed by atoms with Gasteiger partial charge in [-0.3, -0.25) is 4.98 Å². The summed E-state index contributed by atoms with van der Waals surface area (Å²) in [4.78, 5) is 4.07. The number of aromatic nitrogens is 1. The Labute approximate surface area is 116 Å². The van der Waals surface area contributed by atoms with Crippen LogP contribution in [-0.2, 0) is 4.74 Å². The van der Waals surface area contributed by atoms with Crippen LogP contribution in [0.2, 0.25) is 0 Å². The fourth-order valence-electron chi connectivity index (χ4n) is 2.77. The fraction of sp³-hybridized carbons (Fsp3) is 0.688. The Balaban J connectivity index is 2.02. The lowest BCUT2D eigenvalue weighted by molar-refractivity contribution is -0.0488. The summed E-state index contributed by atoms with van der Waals surface area (Å²) in [6.45, 7) is 4.44. The molecule has 0 bridgehead atoms. The molecule has 106 valence electrons. The molecule has 0 saturated heterocycles. The second kappa shape index (κ2) is 7.01. The maximum absolute atomic E-state index is 6.33. The summed E-state index contributed by atoms with van der Waals surface area (Å²) in [5, 5.41) is 0. The van der Waals surface area contributed by atoms with Crippen LogP contribution in [0.5, 0.6) is 0 Å². The van der Waals surface area contributed by atoms with Crippen molar-refractivity contribution in [3.05, 3.63) is 30.1 Å². The molecule has 0 amide bonds. The first-order valence-corrected chi connectivity index (χ1v) is 7.51. The number of nitrogens with zero attached hydrogens (tertiary/aromatic N) is 1. The van der Waals surface area contributed by atoms with Gasteiger partial charge in [0.2, 0.25) is 0 Å². The predicted octanol–water partition coefficient (Wildman–Crippen LogP) is 3.46. The minimum Gasteiger partial charge on any atom is -0.369 e. The number of hydrogen-bond donors (Lipinski definition) is 1. The van der Waals surface area contributed by atoms with Crippen LogP contribution in [0.15, 0.2) is 24.5 Å². The van der Waals surface area contributed by atoms with E-state index in [1.807, 2.05) is 24.5 Å². The highest BCUT2D eigenvalue weighted by Gasteiger charge is 2.26. The zero-order chi connectivity index (χ0) is 13.7. The van der Waals surface area contributed by atoms with Crippen LogP contribution in [0.1, 0.15) is 57.6 Å². The predicted molar refractivity (Wildman–Crippen MR) is 77.7 cm³/mol. The number of rotatable bonds is 5. The molecule has 1 aliphatic rings. The van der Waals surface area contributed by atoms with Crippen LogP contribution in [-0.4, -0.2) is 17.1 Å². The highest BCUT2D eigenvalue weighted by molar-refractivity contribution is 5.15. The van der Waals surface area contributed by atoms with Gasteiger partial charge in [0.25, 0.3) is 0 Å². The largest absolute Gasteiger partial charge is 0.369 e. The first-order chi connectivity index (χ1) is 9.20. The zero-order valence-electron chi connectivity index (χ0n) is 12.1. The molecule has 3 nitrogen and oxygen atoms in total. The van der Waals surface area contributed by atoms with E-state index in [9.17, 15) is 0 Å². The van der Waals surface area contributed by atoms with Crippen molar-refractivity contribution in [2.24, 2.45) is 11.7 Å². The molecular weight excluding hydrogens is 236 g/mol. The van der Waals surface area contributed by atoms with Gasteiger partial charge in [0.1, 0.15) is 0 Å². The van der Waals surface area contributed by atoms with Crippen LogP contribution in [0.4, 0.5) is 0 Å². The molecule has 0 radical (unpaired) electrons. The maximum atomic E-state index is 6.33. The second-order valence-electron chi connectivity index (χ2n) is 5.79. The third-order valence-corrected chi connectivity index (χ3v) is 4.20. The highest BCUT2D eigenvalue weighted by atomic mass is 16.5. The molecule has 2 N–H and O–H groups in total. The summed E-state index contributed by atoms with van der Waals surface area (Å²) in [6.07, 6.45) is 9.81. The van der Waals surface area contributed by atoms with Gasteiger partial charge in [-0.25, -0.2) is 0 Å². The van der Waals surface area contributed by atoms with Crippen LogP contribution in [0, 0.1) is 5.92 Å². The van der Waals surface area contributed by atoms with Crippen LogP contribution >= 0.6 is 0 Å². The first kappa shape index (κ1) is 14.5. The normalized spacial score (nSPS) is 26.9. The molecule has 0 aromatic carbocycles. The summed E-state index contributed by atoms with van der Waals surface area (Å²) in [6, 6.07) is 4.10. The molecule has 1 aliphatic carbocycles. The van der Waals surface area contributed by atoms with Crippen LogP contribution in [0.25, 0.3) is 0 Å². The van der Waals surface area contributed by atoms with Crippen LogP contribution in [0.3, 0.4) is 0 Å². The quantitative estimate of drug-likeness (QED) is 0.884. The van der Waals surface area contributed by atoms with Gasteiger partial charge in [0.15, 0.2) is 0 Å². The van der Waals surface area contributed by atoms with Crippen molar-refractivity contribution in [2.45, 2.75) is 64.2 Å². The van der Waals surface area contributed by atoms with E-state index in [2.05, 4.69) is 18.8 Å². The Morgan fingerprint density at radius 2 is 1.89 bits per heavy atom. The van der Waals surface area contributed by atoms with Gasteiger partial charge in [0.05, 0.1) is 12.2 Å². The number of hydrogen-bond acceptors (Lipinski definition) is 3. The van der Waals surface area contributed by atoms with Crippen molar-refractivity contribution in [2.75, 3.05) is 0 Å². The van der Waals surface area contributed by atoms with Crippen molar-refractivity contribution >= 4 is 0 Å². The molecule has 0 aliphatic heterocycles. The minimum absolute atomic E-state index is 0.00593. The lowest BCUT2D eigenvalue weighted by atomic mass is 9.88. The van der Waals surface area contributed by atoms with E-state index in [1.54, 1.807) is 0 Å². The third kappa shape index (κ3) is 4.02. The van der Waals surface area contributed by atoms with Gasteiger partial charge in [-0.1, -0.05) is 13.8 Å². The minimum atomic E-state index is 0.00593. The van der Waals surface area contributed by atoms with Crippen LogP contribution < -0.4 is 5.73 Å². The second-order valence-corrected chi connectivity index (χ2v) is 5.79. The van der Waals surface area contributed by atoms with E-state index >= 15 is 0 Å². The molecular formula is C16H26N2O. The number of nitrogens with two attached hydrogens (primary N) is 1. The number of ether oxygens (including phenoxy) is 1. The van der Waals surface area contributed by atoms with Crippen molar-refractivity contribution in [1.29, 1.82) is 0 Å². The SMILES string of the molecule is CCC(N)C(OC1CCC(C)CC1)c1ccncc1. The molecule has 2 atom stereocenters. The summed E-state index contributed by atoms with van der Waals surface area (Å²) < 4.78 is 6.33. The topological polar surface area (TPSA) is 48.1 Å². The van der Waals surface area contributed by atoms with Gasteiger partial charge in [0, 0.05) is 18.4 Å². The van der Waals surface area contributed by atoms with E-state index in [-0.39, 0.29) is 12.1 Å². The molecule has 1 heterocycles. The lowest BCUT2D eigenvalue weighted by Gasteiger charge is -2.32. The molecule has 1 aromatic rings. The standard InChI is InChI=1S/C16H26N2O/c1-3-15(17)16(13-8-10-18-11-9-13)19-14-6-4-12(2)5-7-14/h8-12,14-16H,3-7,17H2,1-2H3. The molecule has 2 rings (SSSR count). The molecule has 1 fully saturated rings. The molecule has 2 unspecified atom stereocenters. The Morgan fingerprint density at radius 3 is 2.47 bits per heavy atom. The Kier molecular flexibility index (Phi) is 5.34. The van der Waals surface area contributed by atoms with E-state index < -0.39 is 0 Å². The van der Waals surface area contributed by atoms with Gasteiger partial charge >= 0.3 is 0 Å². The Hall–Kier alpha value is -0.930. The fourth-order valence-corrected chi connectivity index (χ4v) is 2.77. The molecule has 3 heteroatoms.